The molecule has 3 heterocycles. The van der Waals surface area contributed by atoms with Gasteiger partial charge in [-0.15, -0.1) is 0 Å². The highest BCUT2D eigenvalue weighted by molar-refractivity contribution is 14.2. The molecule has 0 fully saturated rings. The largest absolute Gasteiger partial charge is 0.382 e. The van der Waals surface area contributed by atoms with E-state index in [0.29, 0.717) is 0 Å². The van der Waals surface area contributed by atoms with Gasteiger partial charge in [0.15, 0.2) is 40.1 Å². The van der Waals surface area contributed by atoms with Crippen LogP contribution in [0.4, 0.5) is 14.6 Å². The van der Waals surface area contributed by atoms with Crippen LogP contribution in [0.3, 0.4) is 0 Å². The summed E-state index contributed by atoms with van der Waals surface area (Å²) < 4.78 is 50.9. The van der Waals surface area contributed by atoms with Crippen LogP contribution in [0.25, 0.3) is 11.2 Å². The van der Waals surface area contributed by atoms with E-state index in [1.807, 2.05) is 0 Å². The molecule has 0 amide bonds. The first-order chi connectivity index (χ1) is 10.7. The lowest BCUT2D eigenvalue weighted by molar-refractivity contribution is -0.127. The van der Waals surface area contributed by atoms with Crippen LogP contribution in [-0.4, -0.2) is 38.8 Å². The minimum Gasteiger partial charge on any atom is -0.382 e. The van der Waals surface area contributed by atoms with Crippen molar-refractivity contribution in [2.45, 2.75) is 12.5 Å². The van der Waals surface area contributed by atoms with Gasteiger partial charge in [-0.1, -0.05) is 0 Å². The molecule has 12 heteroatoms. The molecule has 2 aromatic heterocycles. The number of nitrogen functional groups attached to an aromatic ring is 1. The van der Waals surface area contributed by atoms with Crippen LogP contribution in [0.15, 0.2) is 18.2 Å². The normalized spacial score (nSPS) is 23.9. The number of imidazole rings is 1. The predicted octanol–water partition coefficient (Wildman–Crippen LogP) is 2.57. The van der Waals surface area contributed by atoms with Crippen LogP contribution in [0.1, 0.15) is 6.23 Å². The van der Waals surface area contributed by atoms with Gasteiger partial charge in [-0.2, -0.15) is 14.4 Å². The minimum atomic E-state index is -2.46. The molecule has 0 bridgehead atoms. The fraction of sp³-hybridized carbons (Fsp3) is 0.364. The first-order valence-electron chi connectivity index (χ1n) is 6.30. The van der Waals surface area contributed by atoms with Gasteiger partial charge in [-0.25, -0.2) is 9.37 Å². The number of anilines is 1. The number of fused-ring (bicyclic) bond motifs is 1. The maximum absolute atomic E-state index is 14.1. The van der Waals surface area contributed by atoms with Gasteiger partial charge in [-0.05, 0) is 22.0 Å². The van der Waals surface area contributed by atoms with Crippen LogP contribution < -0.4 is 5.73 Å². The molecule has 23 heavy (non-hydrogen) atoms. The Labute approximate surface area is 141 Å². The van der Waals surface area contributed by atoms with E-state index in [9.17, 15) is 13.3 Å². The number of nitrogens with two attached hydrogens (primary N) is 1. The van der Waals surface area contributed by atoms with Crippen molar-refractivity contribution < 1.29 is 22.8 Å². The van der Waals surface area contributed by atoms with Gasteiger partial charge in [0, 0.05) is 12.7 Å². The summed E-state index contributed by atoms with van der Waals surface area (Å²) in [6.07, 6.45) is -1.02. The summed E-state index contributed by atoms with van der Waals surface area (Å²) in [5.74, 6) is -0.815. The van der Waals surface area contributed by atoms with Crippen molar-refractivity contribution in [3.8, 4) is 0 Å². The van der Waals surface area contributed by atoms with E-state index in [-0.39, 0.29) is 23.3 Å². The van der Waals surface area contributed by atoms with Crippen molar-refractivity contribution in [1.82, 2.24) is 19.5 Å². The molecule has 0 aromatic carbocycles. The molecular weight excluding hydrogens is 446 g/mol. The van der Waals surface area contributed by atoms with E-state index < -0.39 is 29.2 Å². The lowest BCUT2D eigenvalue weighted by Gasteiger charge is -2.16. The average molecular weight is 457 g/mol. The lowest BCUT2D eigenvalue weighted by Crippen LogP contribution is -2.16. The predicted molar refractivity (Wildman–Crippen MR) is 86.3 cm³/mol. The summed E-state index contributed by atoms with van der Waals surface area (Å²) in [5, 5.41) is 0. The summed E-state index contributed by atoms with van der Waals surface area (Å²) in [5.41, 5.74) is 5.69. The summed E-state index contributed by atoms with van der Waals surface area (Å²) in [6, 6.07) is 0. The van der Waals surface area contributed by atoms with Crippen molar-refractivity contribution in [3.63, 3.8) is 0 Å². The van der Waals surface area contributed by atoms with E-state index in [0.717, 1.165) is 6.08 Å². The monoisotopic (exact) mass is 457 g/mol. The van der Waals surface area contributed by atoms with E-state index in [1.165, 1.54) is 17.6 Å². The SMILES string of the molecule is CP(=O)(I)CO[C@@H]1C=C(F)[C@H](n2cnc3c(N)nc(F)nc32)O1. The second kappa shape index (κ2) is 6.04. The Morgan fingerprint density at radius 2 is 2.26 bits per heavy atom. The maximum Gasteiger partial charge on any atom is 0.312 e. The fourth-order valence-electron chi connectivity index (χ4n) is 2.02. The van der Waals surface area contributed by atoms with Crippen LogP contribution >= 0.6 is 26.8 Å². The summed E-state index contributed by atoms with van der Waals surface area (Å²) in [6.45, 7) is 1.53. The Bertz CT molecular complexity index is 838. The Balaban J connectivity index is 1.86. The molecule has 0 saturated heterocycles. The molecular formula is C11H11F2IN5O3P. The van der Waals surface area contributed by atoms with Gasteiger partial charge in [-0.3, -0.25) is 4.57 Å². The first kappa shape index (κ1) is 16.7. The summed E-state index contributed by atoms with van der Waals surface area (Å²) in [4.78, 5) is 8.39. The van der Waals surface area contributed by atoms with Crippen molar-refractivity contribution in [2.24, 2.45) is 0 Å². The topological polar surface area (TPSA) is 105 Å². The first-order valence-corrected chi connectivity index (χ1v) is 11.4. The van der Waals surface area contributed by atoms with Crippen LogP contribution in [0.5, 0.6) is 0 Å². The third kappa shape index (κ3) is 3.52. The molecule has 1 aliphatic heterocycles. The Morgan fingerprint density at radius 3 is 2.96 bits per heavy atom. The summed E-state index contributed by atoms with van der Waals surface area (Å²) in [7, 11) is 0. The number of hydrogen-bond donors (Lipinski definition) is 1. The molecule has 0 radical (unpaired) electrons. The molecule has 8 nitrogen and oxygen atoms in total. The zero-order chi connectivity index (χ0) is 16.8. The Kier molecular flexibility index (Phi) is 4.38. The van der Waals surface area contributed by atoms with Crippen molar-refractivity contribution >= 4 is 43.8 Å². The smallest absolute Gasteiger partial charge is 0.312 e. The highest BCUT2D eigenvalue weighted by atomic mass is 127. The molecule has 1 unspecified atom stereocenters. The van der Waals surface area contributed by atoms with Gasteiger partial charge in [0.1, 0.15) is 6.35 Å². The van der Waals surface area contributed by atoms with Gasteiger partial charge in [0.2, 0.25) is 0 Å². The third-order valence-electron chi connectivity index (χ3n) is 2.94. The average Bonchev–Trinajstić information content (AvgIpc) is 2.99. The Hall–Kier alpha value is -1.17. The van der Waals surface area contributed by atoms with E-state index in [4.69, 9.17) is 15.2 Å². The number of ether oxygens (including phenoxy) is 2. The van der Waals surface area contributed by atoms with Gasteiger partial charge in [0.05, 0.1) is 6.33 Å². The lowest BCUT2D eigenvalue weighted by atomic mass is 10.4. The molecule has 0 saturated carbocycles. The van der Waals surface area contributed by atoms with E-state index in [1.54, 1.807) is 22.0 Å². The highest BCUT2D eigenvalue weighted by Crippen LogP contribution is 2.51. The molecule has 0 spiro atoms. The maximum atomic E-state index is 14.1. The number of halogens is 3. The van der Waals surface area contributed by atoms with Crippen LogP contribution in [0, 0.1) is 6.08 Å². The zero-order valence-corrected chi connectivity index (χ0v) is 14.7. The second-order valence-electron chi connectivity index (χ2n) is 4.89. The van der Waals surface area contributed by atoms with Crippen LogP contribution in [0.2, 0.25) is 0 Å². The number of nitrogens with zero attached hydrogens (tertiary/aromatic N) is 4. The molecule has 2 aromatic rings. The molecule has 3 atom stereocenters. The van der Waals surface area contributed by atoms with Crippen molar-refractivity contribution in [1.29, 1.82) is 0 Å². The number of rotatable bonds is 4. The number of hydrogen-bond acceptors (Lipinski definition) is 7. The molecule has 124 valence electrons. The fourth-order valence-corrected chi connectivity index (χ4v) is 2.91. The molecule has 3 rings (SSSR count). The third-order valence-corrected chi connectivity index (χ3v) is 4.38. The number of aromatic nitrogens is 4. The zero-order valence-electron chi connectivity index (χ0n) is 11.7. The van der Waals surface area contributed by atoms with Gasteiger partial charge < -0.3 is 19.8 Å². The van der Waals surface area contributed by atoms with Crippen molar-refractivity contribution in [2.75, 3.05) is 18.7 Å². The quantitative estimate of drug-likeness (QED) is 0.428. The van der Waals surface area contributed by atoms with Crippen LogP contribution in [-0.2, 0) is 14.0 Å². The standard InChI is InChI=1S/C11H11F2IN5O3P/c1-23(14,20)4-21-6-2-5(12)10(22-6)19-3-16-7-8(15)17-11(13)18-9(7)19/h2-3,6,10H,4H2,1H3,(H2,15,17,18)/t6-,10+,23?/m0/s1. The van der Waals surface area contributed by atoms with Crippen molar-refractivity contribution in [3.05, 3.63) is 24.3 Å². The Morgan fingerprint density at radius 1 is 1.52 bits per heavy atom. The van der Waals surface area contributed by atoms with E-state index >= 15 is 0 Å². The molecule has 1 aliphatic rings. The highest BCUT2D eigenvalue weighted by Gasteiger charge is 2.32. The molecule has 2 N–H and O–H groups in total. The van der Waals surface area contributed by atoms with Gasteiger partial charge >= 0.3 is 6.08 Å². The van der Waals surface area contributed by atoms with E-state index in [2.05, 4.69) is 15.0 Å². The molecule has 0 aliphatic carbocycles. The summed E-state index contributed by atoms with van der Waals surface area (Å²) >= 11 is 1.78. The van der Waals surface area contributed by atoms with Gasteiger partial charge in [0.25, 0.3) is 0 Å². The minimum absolute atomic E-state index is 0.000690. The second-order valence-corrected chi connectivity index (χ2v) is 13.2.